The molecule has 2 nitrogen and oxygen atoms in total. The monoisotopic (exact) mass is 323 g/mol. The lowest BCUT2D eigenvalue weighted by Crippen LogP contribution is -2.09. The van der Waals surface area contributed by atoms with E-state index in [9.17, 15) is 13.2 Å². The number of benzene rings is 2. The average molecular weight is 323 g/mol. The fourth-order valence-corrected chi connectivity index (χ4v) is 2.53. The first kappa shape index (κ1) is 17.2. The van der Waals surface area contributed by atoms with Crippen molar-refractivity contribution in [2.45, 2.75) is 38.8 Å². The summed E-state index contributed by atoms with van der Waals surface area (Å²) in [6.07, 6.45) is -2.87. The Bertz CT molecular complexity index is 646. The molecule has 0 spiro atoms. The molecule has 0 aliphatic rings. The van der Waals surface area contributed by atoms with Gasteiger partial charge in [0.15, 0.2) is 0 Å². The second-order valence-electron chi connectivity index (χ2n) is 5.44. The van der Waals surface area contributed by atoms with Crippen molar-refractivity contribution in [1.82, 2.24) is 0 Å². The van der Waals surface area contributed by atoms with E-state index in [4.69, 9.17) is 10.5 Å². The van der Waals surface area contributed by atoms with Gasteiger partial charge in [-0.2, -0.15) is 13.2 Å². The van der Waals surface area contributed by atoms with E-state index in [0.717, 1.165) is 12.8 Å². The molecule has 2 aromatic rings. The van der Waals surface area contributed by atoms with E-state index >= 15 is 0 Å². The maximum Gasteiger partial charge on any atom is 0.419 e. The molecule has 2 N–H and O–H groups in total. The van der Waals surface area contributed by atoms with Gasteiger partial charge in [0, 0.05) is 5.69 Å². The minimum atomic E-state index is -4.47. The Morgan fingerprint density at radius 3 is 2.13 bits per heavy atom. The first-order valence-corrected chi connectivity index (χ1v) is 7.59. The van der Waals surface area contributed by atoms with Crippen molar-refractivity contribution in [3.63, 3.8) is 0 Å². The van der Waals surface area contributed by atoms with Gasteiger partial charge in [-0.3, -0.25) is 0 Å². The van der Waals surface area contributed by atoms with E-state index in [1.165, 1.54) is 12.1 Å². The van der Waals surface area contributed by atoms with Crippen molar-refractivity contribution >= 4 is 5.69 Å². The van der Waals surface area contributed by atoms with Gasteiger partial charge in [0.25, 0.3) is 0 Å². The van der Waals surface area contributed by atoms with Crippen LogP contribution in [0.1, 0.15) is 43.7 Å². The van der Waals surface area contributed by atoms with Crippen LogP contribution >= 0.6 is 0 Å². The number of alkyl halides is 3. The van der Waals surface area contributed by atoms with E-state index in [-0.39, 0.29) is 11.7 Å². The predicted octanol–water partition coefficient (Wildman–Crippen LogP) is 5.98. The second-order valence-corrected chi connectivity index (χ2v) is 5.44. The van der Waals surface area contributed by atoms with Crippen LogP contribution in [0.5, 0.6) is 11.5 Å². The fraction of sp³-hybridized carbons (Fsp3) is 0.333. The van der Waals surface area contributed by atoms with Gasteiger partial charge >= 0.3 is 6.18 Å². The Hall–Kier alpha value is -2.17. The number of nitrogen functional groups attached to an aromatic ring is 1. The van der Waals surface area contributed by atoms with Gasteiger partial charge in [-0.15, -0.1) is 0 Å². The number of nitrogens with two attached hydrogens (primary N) is 1. The molecule has 0 heterocycles. The number of halogens is 3. The minimum absolute atomic E-state index is 0.113. The van der Waals surface area contributed by atoms with Crippen LogP contribution in [0.2, 0.25) is 0 Å². The Labute approximate surface area is 134 Å². The van der Waals surface area contributed by atoms with Crippen LogP contribution < -0.4 is 10.5 Å². The molecule has 2 aromatic carbocycles. The van der Waals surface area contributed by atoms with Crippen molar-refractivity contribution in [2.24, 2.45) is 0 Å². The third kappa shape index (κ3) is 4.18. The number of anilines is 1. The fourth-order valence-electron chi connectivity index (χ4n) is 2.53. The summed E-state index contributed by atoms with van der Waals surface area (Å²) in [5.74, 6) is 0.235. The molecule has 0 atom stereocenters. The summed E-state index contributed by atoms with van der Waals surface area (Å²) in [6.45, 7) is 3.94. The zero-order chi connectivity index (χ0) is 17.0. The van der Waals surface area contributed by atoms with Crippen LogP contribution in [0.4, 0.5) is 18.9 Å². The van der Waals surface area contributed by atoms with Gasteiger partial charge in [-0.25, -0.2) is 0 Å². The normalized spacial score (nSPS) is 11.7. The summed E-state index contributed by atoms with van der Waals surface area (Å²) in [5.41, 5.74) is 6.03. The molecule has 0 fully saturated rings. The van der Waals surface area contributed by atoms with Gasteiger partial charge in [-0.1, -0.05) is 19.9 Å². The Morgan fingerprint density at radius 1 is 1.00 bits per heavy atom. The Kier molecular flexibility index (Phi) is 5.19. The Balaban J connectivity index is 2.40. The summed E-state index contributed by atoms with van der Waals surface area (Å²) in [4.78, 5) is 0. The average Bonchev–Trinajstić information content (AvgIpc) is 2.51. The van der Waals surface area contributed by atoms with Crippen LogP contribution in [0.15, 0.2) is 42.5 Å². The third-order valence-electron chi connectivity index (χ3n) is 3.87. The third-order valence-corrected chi connectivity index (χ3v) is 3.87. The highest BCUT2D eigenvalue weighted by atomic mass is 19.4. The molecule has 0 saturated carbocycles. The highest BCUT2D eigenvalue weighted by Crippen LogP contribution is 2.40. The lowest BCUT2D eigenvalue weighted by atomic mass is 9.92. The summed E-state index contributed by atoms with van der Waals surface area (Å²) in [5, 5.41) is 0. The standard InChI is InChI=1S/C18H20F3NO/c1-3-12(4-2)13-5-10-17(16(11-13)18(19,20)21)23-15-8-6-14(22)7-9-15/h5-12H,3-4,22H2,1-2H3. The molecule has 2 rings (SSSR count). The topological polar surface area (TPSA) is 35.2 Å². The molecule has 0 radical (unpaired) electrons. The van der Waals surface area contributed by atoms with Crippen molar-refractivity contribution < 1.29 is 17.9 Å². The van der Waals surface area contributed by atoms with E-state index in [1.807, 2.05) is 13.8 Å². The molecule has 0 unspecified atom stereocenters. The SMILES string of the molecule is CCC(CC)c1ccc(Oc2ccc(N)cc2)c(C(F)(F)F)c1. The van der Waals surface area contributed by atoms with Crippen LogP contribution in [-0.2, 0) is 6.18 Å². The van der Waals surface area contributed by atoms with Gasteiger partial charge in [-0.05, 0) is 60.7 Å². The lowest BCUT2D eigenvalue weighted by Gasteiger charge is -2.18. The first-order valence-electron chi connectivity index (χ1n) is 7.59. The molecule has 0 aliphatic heterocycles. The maximum absolute atomic E-state index is 13.4. The van der Waals surface area contributed by atoms with Crippen LogP contribution in [0.25, 0.3) is 0 Å². The highest BCUT2D eigenvalue weighted by Gasteiger charge is 2.35. The van der Waals surface area contributed by atoms with Crippen LogP contribution in [0.3, 0.4) is 0 Å². The summed E-state index contributed by atoms with van der Waals surface area (Å²) in [6, 6.07) is 10.6. The maximum atomic E-state index is 13.4. The quantitative estimate of drug-likeness (QED) is 0.687. The number of hydrogen-bond donors (Lipinski definition) is 1. The van der Waals surface area contributed by atoms with E-state index < -0.39 is 11.7 Å². The molecule has 0 amide bonds. The highest BCUT2D eigenvalue weighted by molar-refractivity contribution is 5.46. The van der Waals surface area contributed by atoms with Crippen molar-refractivity contribution in [1.29, 1.82) is 0 Å². The first-order chi connectivity index (χ1) is 10.8. The van der Waals surface area contributed by atoms with Crippen LogP contribution in [0, 0.1) is 0 Å². The smallest absolute Gasteiger partial charge is 0.419 e. The van der Waals surface area contributed by atoms with E-state index in [2.05, 4.69) is 0 Å². The lowest BCUT2D eigenvalue weighted by molar-refractivity contribution is -0.138. The van der Waals surface area contributed by atoms with Gasteiger partial charge in [0.05, 0.1) is 5.56 Å². The van der Waals surface area contributed by atoms with Crippen molar-refractivity contribution in [3.05, 3.63) is 53.6 Å². The zero-order valence-corrected chi connectivity index (χ0v) is 13.2. The predicted molar refractivity (Wildman–Crippen MR) is 85.7 cm³/mol. The van der Waals surface area contributed by atoms with Gasteiger partial charge in [0.1, 0.15) is 11.5 Å². The Morgan fingerprint density at radius 2 is 1.61 bits per heavy atom. The molecule has 23 heavy (non-hydrogen) atoms. The molecule has 0 saturated heterocycles. The van der Waals surface area contributed by atoms with Crippen molar-refractivity contribution in [2.75, 3.05) is 5.73 Å². The number of ether oxygens (including phenoxy) is 1. The van der Waals surface area contributed by atoms with Gasteiger partial charge in [0.2, 0.25) is 0 Å². The second kappa shape index (κ2) is 6.94. The number of rotatable bonds is 5. The zero-order valence-electron chi connectivity index (χ0n) is 13.2. The van der Waals surface area contributed by atoms with Crippen molar-refractivity contribution in [3.8, 4) is 11.5 Å². The number of hydrogen-bond acceptors (Lipinski definition) is 2. The van der Waals surface area contributed by atoms with Crippen LogP contribution in [-0.4, -0.2) is 0 Å². The van der Waals surface area contributed by atoms with E-state index in [0.29, 0.717) is 17.0 Å². The molecule has 0 aromatic heterocycles. The molecule has 0 bridgehead atoms. The molecular formula is C18H20F3NO. The summed E-state index contributed by atoms with van der Waals surface area (Å²) in [7, 11) is 0. The summed E-state index contributed by atoms with van der Waals surface area (Å²) >= 11 is 0. The minimum Gasteiger partial charge on any atom is -0.457 e. The largest absolute Gasteiger partial charge is 0.457 e. The molecular weight excluding hydrogens is 303 g/mol. The summed E-state index contributed by atoms with van der Waals surface area (Å²) < 4.78 is 45.5. The molecule has 124 valence electrons. The van der Waals surface area contributed by atoms with E-state index in [1.54, 1.807) is 30.3 Å². The van der Waals surface area contributed by atoms with Gasteiger partial charge < -0.3 is 10.5 Å². The molecule has 5 heteroatoms. The molecule has 0 aliphatic carbocycles.